The third kappa shape index (κ3) is 9.33. The molecule has 216 valence electrons. The van der Waals surface area contributed by atoms with Crippen LogP contribution in [0.5, 0.6) is 5.75 Å². The molecular weight excluding hydrogens is 687 g/mol. The first kappa shape index (κ1) is 40.6. The van der Waals surface area contributed by atoms with Crippen LogP contribution in [-0.4, -0.2) is 54.0 Å². The van der Waals surface area contributed by atoms with E-state index in [0.29, 0.717) is 24.3 Å². The van der Waals surface area contributed by atoms with Gasteiger partial charge >= 0.3 is 94.8 Å². The van der Waals surface area contributed by atoms with Crippen molar-refractivity contribution in [3.05, 3.63) is 54.5 Å². The molecule has 1 aromatic heterocycles. The number of azo groups is 1. The number of phenolic OH excluding ortho intramolecular Hbond substituents is 1. The van der Waals surface area contributed by atoms with Gasteiger partial charge in [-0.25, -0.2) is 25.3 Å². The van der Waals surface area contributed by atoms with Gasteiger partial charge in [-0.3, -0.25) is 0 Å². The van der Waals surface area contributed by atoms with E-state index < -0.39 is 96.5 Å². The first-order valence-corrected chi connectivity index (χ1v) is 14.6. The number of nitrogens with one attached hydrogen (secondary N) is 1. The van der Waals surface area contributed by atoms with Crippen LogP contribution in [0.4, 0.5) is 37.3 Å². The number of benzene rings is 3. The monoisotopic (exact) mass is 698 g/mol. The molecule has 4 N–H and O–H groups in total. The normalized spacial score (nSPS) is 11.8. The molecule has 0 spiro atoms. The van der Waals surface area contributed by atoms with Gasteiger partial charge in [-0.05, 0) is 41.8 Å². The van der Waals surface area contributed by atoms with E-state index in [-0.39, 0.29) is 94.4 Å². The standard InChI is InChI=1S/C20H14F2N6O10S3.3Na/c21-15-7-16(26-20(22)25-15)24-9-1-2-13(40(33,34)35)11(5-9)27-28-19-17-8(4-14(18(19)23)41(36,37)38)3-10(6-12(17)29)39(30,31)32;;;/h1-7,29H,23H2,(H,24,25,26)(H,30,31,32)(H,33,34,35)(H,36,37,38);;;/q;3*+1/p-3. The summed E-state index contributed by atoms with van der Waals surface area (Å²) in [6.45, 7) is 0. The molecule has 0 saturated carbocycles. The number of rotatable bonds is 7. The van der Waals surface area contributed by atoms with Gasteiger partial charge in [0.05, 0.1) is 25.8 Å². The van der Waals surface area contributed by atoms with E-state index in [9.17, 15) is 52.8 Å². The smallest absolute Gasteiger partial charge is 0.744 e. The zero-order chi connectivity index (χ0) is 30.5. The fourth-order valence-corrected chi connectivity index (χ4v) is 5.26. The Labute approximate surface area is 313 Å². The van der Waals surface area contributed by atoms with Crippen LogP contribution in [-0.2, 0) is 30.4 Å². The summed E-state index contributed by atoms with van der Waals surface area (Å²) in [6.07, 6.45) is -1.45. The summed E-state index contributed by atoms with van der Waals surface area (Å²) in [7, 11) is -15.8. The minimum atomic E-state index is -5.39. The molecule has 3 aromatic carbocycles. The number of aromatic hydroxyl groups is 1. The topological polar surface area (TPSA) is 280 Å². The molecule has 44 heavy (non-hydrogen) atoms. The SMILES string of the molecule is Nc1c(S(=O)(=O)[O-])cc2cc(S(=O)(=O)[O-])cc(O)c2c1N=Nc1cc(Nc2cc(F)nc(F)n2)ccc1S(=O)(=O)[O-].[Na+].[Na+].[Na+]. The Morgan fingerprint density at radius 1 is 0.795 bits per heavy atom. The van der Waals surface area contributed by atoms with Crippen LogP contribution < -0.4 is 99.7 Å². The van der Waals surface area contributed by atoms with Gasteiger partial charge < -0.3 is 29.8 Å². The van der Waals surface area contributed by atoms with Gasteiger partial charge in [-0.15, -0.1) is 10.2 Å². The molecule has 1 heterocycles. The van der Waals surface area contributed by atoms with Crippen molar-refractivity contribution in [1.29, 1.82) is 0 Å². The number of hydrogen-bond donors (Lipinski definition) is 3. The second-order valence-electron chi connectivity index (χ2n) is 7.89. The second kappa shape index (κ2) is 15.0. The van der Waals surface area contributed by atoms with Gasteiger partial charge in [-0.1, -0.05) is 0 Å². The van der Waals surface area contributed by atoms with Crippen LogP contribution in [0.2, 0.25) is 0 Å². The molecule has 0 aliphatic heterocycles. The van der Waals surface area contributed by atoms with Gasteiger partial charge in [0.1, 0.15) is 53.3 Å². The van der Waals surface area contributed by atoms with Gasteiger partial charge in [0.25, 0.3) is 0 Å². The molecule has 16 nitrogen and oxygen atoms in total. The summed E-state index contributed by atoms with van der Waals surface area (Å²) >= 11 is 0. The molecule has 4 rings (SSSR count). The molecule has 0 atom stereocenters. The maximum absolute atomic E-state index is 13.4. The molecule has 0 unspecified atom stereocenters. The third-order valence-electron chi connectivity index (χ3n) is 5.15. The van der Waals surface area contributed by atoms with E-state index in [1.165, 1.54) is 0 Å². The summed E-state index contributed by atoms with van der Waals surface area (Å²) < 4.78 is 132. The maximum atomic E-state index is 13.4. The Kier molecular flexibility index (Phi) is 13.8. The maximum Gasteiger partial charge on any atom is 1.00 e. The fourth-order valence-electron chi connectivity index (χ4n) is 3.51. The average molecular weight is 699 g/mol. The quantitative estimate of drug-likeness (QED) is 0.0404. The Balaban J connectivity index is 0.00000323. The van der Waals surface area contributed by atoms with Crippen LogP contribution in [0.15, 0.2) is 67.4 Å². The van der Waals surface area contributed by atoms with Crippen LogP contribution in [0.25, 0.3) is 10.8 Å². The molecule has 24 heteroatoms. The summed E-state index contributed by atoms with van der Waals surface area (Å²) in [5, 5.41) is 19.0. The minimum Gasteiger partial charge on any atom is -0.744 e. The molecule has 0 radical (unpaired) electrons. The summed E-state index contributed by atoms with van der Waals surface area (Å²) in [5.41, 5.74) is 3.16. The van der Waals surface area contributed by atoms with Gasteiger partial charge in [0, 0.05) is 11.8 Å². The molecule has 0 bridgehead atoms. The molecule has 0 fully saturated rings. The number of hydrogen-bond acceptors (Lipinski definition) is 16. The number of halogens is 2. The van der Waals surface area contributed by atoms with E-state index in [2.05, 4.69) is 25.5 Å². The van der Waals surface area contributed by atoms with Gasteiger partial charge in [0.2, 0.25) is 5.95 Å². The van der Waals surface area contributed by atoms with E-state index in [4.69, 9.17) is 5.73 Å². The van der Waals surface area contributed by atoms with Crippen LogP contribution >= 0.6 is 0 Å². The molecular formula is C20H11F2N6Na3O10S3. The number of aromatic nitrogens is 2. The Bertz CT molecular complexity index is 2100. The molecule has 4 aromatic rings. The zero-order valence-corrected chi connectivity index (χ0v) is 31.0. The number of phenols is 1. The van der Waals surface area contributed by atoms with E-state index in [1.54, 1.807) is 0 Å². The summed E-state index contributed by atoms with van der Waals surface area (Å²) in [4.78, 5) is 2.90. The number of nitrogen functional groups attached to an aromatic ring is 1. The van der Waals surface area contributed by atoms with Crippen molar-refractivity contribution >= 4 is 69.7 Å². The first-order chi connectivity index (χ1) is 18.8. The van der Waals surface area contributed by atoms with Crippen molar-refractivity contribution in [2.24, 2.45) is 10.2 Å². The van der Waals surface area contributed by atoms with E-state index in [1.807, 2.05) is 0 Å². The van der Waals surface area contributed by atoms with E-state index >= 15 is 0 Å². The predicted octanol–water partition coefficient (Wildman–Crippen LogP) is -6.92. The molecule has 0 amide bonds. The van der Waals surface area contributed by atoms with E-state index in [0.717, 1.165) is 18.2 Å². The Morgan fingerprint density at radius 3 is 1.95 bits per heavy atom. The van der Waals surface area contributed by atoms with Crippen molar-refractivity contribution in [1.82, 2.24) is 9.97 Å². The fraction of sp³-hybridized carbons (Fsp3) is 0. The van der Waals surface area contributed by atoms with Crippen molar-refractivity contribution in [3.63, 3.8) is 0 Å². The summed E-state index contributed by atoms with van der Waals surface area (Å²) in [6, 6.07) is 4.90. The van der Waals surface area contributed by atoms with Gasteiger partial charge in [-0.2, -0.15) is 18.7 Å². The zero-order valence-electron chi connectivity index (χ0n) is 22.5. The van der Waals surface area contributed by atoms with Crippen LogP contribution in [0, 0.1) is 12.0 Å². The molecule has 0 saturated heterocycles. The number of fused-ring (bicyclic) bond motifs is 1. The van der Waals surface area contributed by atoms with Crippen LogP contribution in [0.3, 0.4) is 0 Å². The summed E-state index contributed by atoms with van der Waals surface area (Å²) in [5.74, 6) is -2.68. The number of nitrogens with two attached hydrogens (primary N) is 1. The van der Waals surface area contributed by atoms with Crippen molar-refractivity contribution in [3.8, 4) is 5.75 Å². The predicted molar refractivity (Wildman–Crippen MR) is 130 cm³/mol. The van der Waals surface area contributed by atoms with Crippen molar-refractivity contribution < 1.29 is 141 Å². The molecule has 0 aliphatic carbocycles. The van der Waals surface area contributed by atoms with Gasteiger partial charge in [0.15, 0.2) is 0 Å². The van der Waals surface area contributed by atoms with Crippen LogP contribution in [0.1, 0.15) is 0 Å². The Morgan fingerprint density at radius 2 is 1.41 bits per heavy atom. The largest absolute Gasteiger partial charge is 1.00 e. The average Bonchev–Trinajstić information content (AvgIpc) is 2.80. The number of anilines is 3. The second-order valence-corrected chi connectivity index (χ2v) is 12.0. The van der Waals surface area contributed by atoms with Crippen molar-refractivity contribution in [2.75, 3.05) is 11.1 Å². The number of nitrogens with zero attached hydrogens (tertiary/aromatic N) is 4. The first-order valence-electron chi connectivity index (χ1n) is 10.3. The minimum absolute atomic E-state index is 0. The molecule has 0 aliphatic rings. The Hall–Kier alpha value is -1.41. The van der Waals surface area contributed by atoms with Crippen molar-refractivity contribution in [2.45, 2.75) is 14.7 Å². The third-order valence-corrected chi connectivity index (χ3v) is 7.72.